The van der Waals surface area contributed by atoms with E-state index >= 15 is 0 Å². The quantitative estimate of drug-likeness (QED) is 0.483. The molecule has 0 bridgehead atoms. The van der Waals surface area contributed by atoms with Crippen LogP contribution in [0.2, 0.25) is 0 Å². The highest BCUT2D eigenvalue weighted by Crippen LogP contribution is 1.95. The number of hydrogen-bond donors (Lipinski definition) is 4. The minimum Gasteiger partial charge on any atom is -0.480 e. The van der Waals surface area contributed by atoms with E-state index in [9.17, 15) is 9.59 Å². The Labute approximate surface area is 92.9 Å². The van der Waals surface area contributed by atoms with Gasteiger partial charge in [-0.15, -0.1) is 0 Å². The number of H-pyrrole nitrogens is 1. The average Bonchev–Trinajstić information content (AvgIpc) is 2.71. The fraction of sp³-hybridized carbons (Fsp3) is 0.444. The van der Waals surface area contributed by atoms with Crippen molar-refractivity contribution in [2.45, 2.75) is 25.4 Å². The van der Waals surface area contributed by atoms with Crippen molar-refractivity contribution < 1.29 is 14.7 Å². The van der Waals surface area contributed by atoms with Crippen molar-refractivity contribution in [3.8, 4) is 0 Å². The van der Waals surface area contributed by atoms with Gasteiger partial charge in [-0.2, -0.15) is 0 Å². The van der Waals surface area contributed by atoms with E-state index in [4.69, 9.17) is 16.6 Å². The molecule has 0 aromatic carbocycles. The highest BCUT2D eigenvalue weighted by atomic mass is 16.4. The largest absolute Gasteiger partial charge is 0.480 e. The molecule has 90 valence electrons. The number of rotatable bonds is 4. The van der Waals surface area contributed by atoms with Gasteiger partial charge in [0.15, 0.2) is 0 Å². The Morgan fingerprint density at radius 1 is 1.69 bits per heavy atom. The lowest BCUT2D eigenvalue weighted by Gasteiger charge is -2.02. The van der Waals surface area contributed by atoms with Gasteiger partial charge in [0.25, 0.3) is 0 Å². The molecule has 0 spiro atoms. The molecule has 0 fully saturated rings. The second kappa shape index (κ2) is 7.55. The van der Waals surface area contributed by atoms with E-state index in [0.717, 1.165) is 5.69 Å². The Kier molecular flexibility index (Phi) is 6.73. The number of hydrogen-bond acceptors (Lipinski definition) is 5. The molecule has 0 amide bonds. The molecule has 1 aromatic heterocycles. The molecule has 0 aliphatic rings. The standard InChI is InChI=1S/C6H9N3O2.C3H7NO/c7-5(6(10)11)1-4-2-8-3-9-4;1-3(4)2-5/h2-3,5H,1,7H2,(H,8,9)(H,10,11);2-3H,4H2,1H3/t5-;/m0./s1. The predicted molar refractivity (Wildman–Crippen MR) is 57.6 cm³/mol. The van der Waals surface area contributed by atoms with Crippen LogP contribution in [0.5, 0.6) is 0 Å². The van der Waals surface area contributed by atoms with Gasteiger partial charge in [-0.25, -0.2) is 4.98 Å². The van der Waals surface area contributed by atoms with Crippen LogP contribution in [0.3, 0.4) is 0 Å². The summed E-state index contributed by atoms with van der Waals surface area (Å²) in [7, 11) is 0. The van der Waals surface area contributed by atoms with Crippen LogP contribution in [-0.4, -0.2) is 39.4 Å². The first-order chi connectivity index (χ1) is 7.47. The summed E-state index contributed by atoms with van der Waals surface area (Å²) in [6, 6.07) is -1.15. The molecule has 7 nitrogen and oxygen atoms in total. The number of carbonyl (C=O) groups is 2. The Hall–Kier alpha value is -1.73. The molecule has 6 N–H and O–H groups in total. The minimum absolute atomic E-state index is 0.287. The van der Waals surface area contributed by atoms with Crippen molar-refractivity contribution in [2.75, 3.05) is 0 Å². The van der Waals surface area contributed by atoms with Crippen LogP contribution in [0.4, 0.5) is 0 Å². The van der Waals surface area contributed by atoms with Gasteiger partial charge in [-0.3, -0.25) is 4.79 Å². The second-order valence-corrected chi connectivity index (χ2v) is 3.22. The summed E-state index contributed by atoms with van der Waals surface area (Å²) >= 11 is 0. The summed E-state index contributed by atoms with van der Waals surface area (Å²) in [6.07, 6.45) is 4.03. The first kappa shape index (κ1) is 14.3. The van der Waals surface area contributed by atoms with Gasteiger partial charge in [0.1, 0.15) is 12.3 Å². The molecule has 1 heterocycles. The normalized spacial score (nSPS) is 13.2. The van der Waals surface area contributed by atoms with Crippen molar-refractivity contribution >= 4 is 12.3 Å². The van der Waals surface area contributed by atoms with Crippen molar-refractivity contribution in [1.82, 2.24) is 9.97 Å². The van der Waals surface area contributed by atoms with Crippen LogP contribution in [0, 0.1) is 0 Å². The van der Waals surface area contributed by atoms with Crippen LogP contribution in [0.15, 0.2) is 12.5 Å². The molecule has 2 atom stereocenters. The van der Waals surface area contributed by atoms with Crippen molar-refractivity contribution in [3.05, 3.63) is 18.2 Å². The third-order valence-corrected chi connectivity index (χ3v) is 1.53. The molecule has 16 heavy (non-hydrogen) atoms. The molecular formula is C9H16N4O3. The van der Waals surface area contributed by atoms with Gasteiger partial charge in [-0.1, -0.05) is 0 Å². The van der Waals surface area contributed by atoms with E-state index in [1.165, 1.54) is 6.33 Å². The monoisotopic (exact) mass is 228 g/mol. The van der Waals surface area contributed by atoms with Gasteiger partial charge in [0.05, 0.1) is 12.4 Å². The number of imidazole rings is 1. The van der Waals surface area contributed by atoms with Crippen LogP contribution < -0.4 is 11.5 Å². The lowest BCUT2D eigenvalue weighted by Crippen LogP contribution is -2.32. The summed E-state index contributed by atoms with van der Waals surface area (Å²) in [4.78, 5) is 26.1. The molecule has 0 saturated carbocycles. The summed E-state index contributed by atoms with van der Waals surface area (Å²) in [5.74, 6) is -1.00. The predicted octanol–water partition coefficient (Wildman–Crippen LogP) is -1.10. The molecule has 1 unspecified atom stereocenters. The lowest BCUT2D eigenvalue weighted by molar-refractivity contribution is -0.138. The smallest absolute Gasteiger partial charge is 0.320 e. The zero-order valence-corrected chi connectivity index (χ0v) is 8.96. The highest BCUT2D eigenvalue weighted by Gasteiger charge is 2.11. The van der Waals surface area contributed by atoms with E-state index in [0.29, 0.717) is 6.29 Å². The maximum atomic E-state index is 10.3. The molecule has 1 rings (SSSR count). The number of aliphatic carboxylic acids is 1. The first-order valence-corrected chi connectivity index (χ1v) is 4.64. The fourth-order valence-corrected chi connectivity index (χ4v) is 0.721. The van der Waals surface area contributed by atoms with Gasteiger partial charge in [0, 0.05) is 18.3 Å². The molecule has 0 aliphatic carbocycles. The Morgan fingerprint density at radius 3 is 2.56 bits per heavy atom. The Balaban J connectivity index is 0.000000385. The van der Waals surface area contributed by atoms with Crippen LogP contribution in [0.25, 0.3) is 0 Å². The summed E-state index contributed by atoms with van der Waals surface area (Å²) < 4.78 is 0. The number of nitrogens with two attached hydrogens (primary N) is 2. The van der Waals surface area contributed by atoms with Crippen molar-refractivity contribution in [1.29, 1.82) is 0 Å². The highest BCUT2D eigenvalue weighted by molar-refractivity contribution is 5.73. The zero-order chi connectivity index (χ0) is 12.6. The molecular weight excluding hydrogens is 212 g/mol. The Morgan fingerprint density at radius 2 is 2.25 bits per heavy atom. The number of carboxylic acid groups (broad SMARTS) is 1. The second-order valence-electron chi connectivity index (χ2n) is 3.22. The van der Waals surface area contributed by atoms with Crippen LogP contribution in [0.1, 0.15) is 12.6 Å². The number of aromatic nitrogens is 2. The number of aldehydes is 1. The number of nitrogens with zero attached hydrogens (tertiary/aromatic N) is 1. The minimum atomic E-state index is -1.00. The van der Waals surface area contributed by atoms with Crippen LogP contribution >= 0.6 is 0 Å². The third-order valence-electron chi connectivity index (χ3n) is 1.53. The number of carboxylic acids is 1. The van der Waals surface area contributed by atoms with Crippen LogP contribution in [-0.2, 0) is 16.0 Å². The van der Waals surface area contributed by atoms with E-state index in [-0.39, 0.29) is 12.5 Å². The summed E-state index contributed by atoms with van der Waals surface area (Å²) in [5.41, 5.74) is 10.9. The van der Waals surface area contributed by atoms with Gasteiger partial charge in [-0.05, 0) is 6.92 Å². The molecule has 7 heteroatoms. The van der Waals surface area contributed by atoms with E-state index in [1.807, 2.05) is 0 Å². The lowest BCUT2D eigenvalue weighted by atomic mass is 10.2. The van der Waals surface area contributed by atoms with Gasteiger partial charge < -0.3 is 26.4 Å². The van der Waals surface area contributed by atoms with E-state index in [1.54, 1.807) is 13.1 Å². The number of nitrogens with one attached hydrogen (secondary N) is 1. The van der Waals surface area contributed by atoms with E-state index < -0.39 is 12.0 Å². The molecule has 0 aliphatic heterocycles. The summed E-state index contributed by atoms with van der Waals surface area (Å²) in [6.45, 7) is 1.63. The van der Waals surface area contributed by atoms with E-state index in [2.05, 4.69) is 9.97 Å². The molecule has 0 saturated heterocycles. The Bertz CT molecular complexity index is 311. The zero-order valence-electron chi connectivity index (χ0n) is 8.96. The maximum absolute atomic E-state index is 10.3. The number of aromatic amines is 1. The third kappa shape index (κ3) is 6.68. The van der Waals surface area contributed by atoms with Crippen molar-refractivity contribution in [3.63, 3.8) is 0 Å². The summed E-state index contributed by atoms with van der Waals surface area (Å²) in [5, 5.41) is 8.42. The maximum Gasteiger partial charge on any atom is 0.320 e. The first-order valence-electron chi connectivity index (χ1n) is 4.64. The SMILES string of the molecule is CC(N)C=O.N[C@@H](Cc1cnc[nH]1)C(=O)O. The fourth-order valence-electron chi connectivity index (χ4n) is 0.721. The number of carbonyl (C=O) groups excluding carboxylic acids is 1. The molecule has 1 aromatic rings. The van der Waals surface area contributed by atoms with Crippen molar-refractivity contribution in [2.24, 2.45) is 11.5 Å². The van der Waals surface area contributed by atoms with Gasteiger partial charge >= 0.3 is 5.97 Å². The van der Waals surface area contributed by atoms with Gasteiger partial charge in [0.2, 0.25) is 0 Å². The topological polar surface area (TPSA) is 135 Å². The average molecular weight is 228 g/mol. The molecule has 0 radical (unpaired) electrons.